The molecular weight excluding hydrogens is 172 g/mol. The van der Waals surface area contributed by atoms with E-state index in [1.165, 1.54) is 7.05 Å². The minimum Gasteiger partial charge on any atom is -0.480 e. The summed E-state index contributed by atoms with van der Waals surface area (Å²) in [6.07, 6.45) is -0.880. The van der Waals surface area contributed by atoms with Gasteiger partial charge in [-0.25, -0.2) is 0 Å². The molecule has 0 spiro atoms. The molecule has 0 aliphatic rings. The summed E-state index contributed by atoms with van der Waals surface area (Å²) in [6.45, 7) is 2.39. The monoisotopic (exact) mass is 190 g/mol. The Morgan fingerprint density at radius 1 is 1.46 bits per heavy atom. The van der Waals surface area contributed by atoms with Crippen molar-refractivity contribution in [3.05, 3.63) is 0 Å². The van der Waals surface area contributed by atoms with Crippen LogP contribution in [0.1, 0.15) is 6.92 Å². The van der Waals surface area contributed by atoms with Gasteiger partial charge in [0.25, 0.3) is 0 Å². The maximum Gasteiger partial charge on any atom is 0.323 e. The third kappa shape index (κ3) is 3.71. The van der Waals surface area contributed by atoms with Crippen LogP contribution in [0.5, 0.6) is 0 Å². The SMILES string of the molecule is CNC[C@@H](C)[C@@H](O)[C@H](NC)C(=O)O. The highest BCUT2D eigenvalue weighted by atomic mass is 16.4. The summed E-state index contributed by atoms with van der Waals surface area (Å²) in [7, 11) is 3.28. The third-order valence-corrected chi connectivity index (χ3v) is 2.03. The van der Waals surface area contributed by atoms with Gasteiger partial charge in [-0.05, 0) is 26.6 Å². The molecule has 5 nitrogen and oxygen atoms in total. The Morgan fingerprint density at radius 2 is 2.00 bits per heavy atom. The topological polar surface area (TPSA) is 81.6 Å². The lowest BCUT2D eigenvalue weighted by Crippen LogP contribution is -2.48. The van der Waals surface area contributed by atoms with Gasteiger partial charge in [-0.3, -0.25) is 4.79 Å². The van der Waals surface area contributed by atoms with Crippen LogP contribution in [-0.2, 0) is 4.79 Å². The Morgan fingerprint density at radius 3 is 2.31 bits per heavy atom. The molecule has 5 heteroatoms. The minimum atomic E-state index is -1.03. The van der Waals surface area contributed by atoms with Gasteiger partial charge in [-0.15, -0.1) is 0 Å². The number of carboxylic acids is 1. The van der Waals surface area contributed by atoms with Crippen LogP contribution in [0.3, 0.4) is 0 Å². The molecule has 0 amide bonds. The van der Waals surface area contributed by atoms with E-state index < -0.39 is 18.1 Å². The summed E-state index contributed by atoms with van der Waals surface area (Å²) in [4.78, 5) is 10.6. The van der Waals surface area contributed by atoms with Crippen molar-refractivity contribution in [1.29, 1.82) is 0 Å². The van der Waals surface area contributed by atoms with Crippen molar-refractivity contribution in [3.63, 3.8) is 0 Å². The molecule has 0 aromatic carbocycles. The number of aliphatic carboxylic acids is 1. The van der Waals surface area contributed by atoms with Gasteiger partial charge in [-0.1, -0.05) is 6.92 Å². The molecule has 0 radical (unpaired) electrons. The van der Waals surface area contributed by atoms with Crippen molar-refractivity contribution in [2.24, 2.45) is 5.92 Å². The fourth-order valence-electron chi connectivity index (χ4n) is 1.21. The molecule has 0 bridgehead atoms. The molecule has 0 rings (SSSR count). The Bertz CT molecular complexity index is 163. The summed E-state index contributed by atoms with van der Waals surface area (Å²) in [5, 5.41) is 23.8. The first-order valence-electron chi connectivity index (χ1n) is 4.27. The molecule has 3 atom stereocenters. The zero-order chi connectivity index (χ0) is 10.4. The van der Waals surface area contributed by atoms with E-state index in [0.717, 1.165) is 0 Å². The van der Waals surface area contributed by atoms with Crippen LogP contribution >= 0.6 is 0 Å². The molecule has 0 saturated carbocycles. The average Bonchev–Trinajstić information content (AvgIpc) is 2.05. The standard InChI is InChI=1S/C8H18N2O3/c1-5(4-9-2)7(11)6(10-3)8(12)13/h5-7,9-11H,4H2,1-3H3,(H,12,13)/t5-,6+,7-/m1/s1. The van der Waals surface area contributed by atoms with Crippen molar-refractivity contribution in [1.82, 2.24) is 10.6 Å². The van der Waals surface area contributed by atoms with Crippen LogP contribution < -0.4 is 10.6 Å². The Balaban J connectivity index is 4.18. The number of carboxylic acid groups (broad SMARTS) is 1. The number of hydrogen-bond acceptors (Lipinski definition) is 4. The van der Waals surface area contributed by atoms with Crippen molar-refractivity contribution >= 4 is 5.97 Å². The smallest absolute Gasteiger partial charge is 0.323 e. The van der Waals surface area contributed by atoms with E-state index in [1.807, 2.05) is 0 Å². The van der Waals surface area contributed by atoms with Gasteiger partial charge in [0.05, 0.1) is 6.10 Å². The predicted molar refractivity (Wildman–Crippen MR) is 49.6 cm³/mol. The van der Waals surface area contributed by atoms with E-state index in [0.29, 0.717) is 6.54 Å². The highest BCUT2D eigenvalue weighted by molar-refractivity contribution is 5.74. The minimum absolute atomic E-state index is 0.0986. The van der Waals surface area contributed by atoms with E-state index in [-0.39, 0.29) is 5.92 Å². The van der Waals surface area contributed by atoms with Crippen LogP contribution in [0.15, 0.2) is 0 Å². The molecule has 0 aromatic rings. The van der Waals surface area contributed by atoms with E-state index in [4.69, 9.17) is 5.11 Å². The maximum absolute atomic E-state index is 10.6. The molecule has 0 aromatic heterocycles. The van der Waals surface area contributed by atoms with E-state index >= 15 is 0 Å². The highest BCUT2D eigenvalue weighted by Gasteiger charge is 2.28. The number of nitrogens with one attached hydrogen (secondary N) is 2. The van der Waals surface area contributed by atoms with Crippen molar-refractivity contribution < 1.29 is 15.0 Å². The predicted octanol–water partition coefficient (Wildman–Crippen LogP) is -1.12. The van der Waals surface area contributed by atoms with Crippen LogP contribution in [0.2, 0.25) is 0 Å². The van der Waals surface area contributed by atoms with Gasteiger partial charge in [0.2, 0.25) is 0 Å². The quantitative estimate of drug-likeness (QED) is 0.426. The largest absolute Gasteiger partial charge is 0.480 e. The second-order valence-corrected chi connectivity index (χ2v) is 3.13. The Hall–Kier alpha value is -0.650. The number of aliphatic hydroxyl groups excluding tert-OH is 1. The van der Waals surface area contributed by atoms with Crippen LogP contribution in [0.4, 0.5) is 0 Å². The molecular formula is C8H18N2O3. The van der Waals surface area contributed by atoms with Crippen LogP contribution in [0, 0.1) is 5.92 Å². The Labute approximate surface area is 78.1 Å². The molecule has 13 heavy (non-hydrogen) atoms. The third-order valence-electron chi connectivity index (χ3n) is 2.03. The van der Waals surface area contributed by atoms with Gasteiger partial charge in [-0.2, -0.15) is 0 Å². The fourth-order valence-corrected chi connectivity index (χ4v) is 1.21. The normalized spacial score (nSPS) is 17.8. The van der Waals surface area contributed by atoms with Gasteiger partial charge in [0.1, 0.15) is 6.04 Å². The van der Waals surface area contributed by atoms with Crippen molar-refractivity contribution in [3.8, 4) is 0 Å². The molecule has 0 aliphatic carbocycles. The summed E-state index contributed by atoms with van der Waals surface area (Å²) >= 11 is 0. The number of aliphatic hydroxyl groups is 1. The van der Waals surface area contributed by atoms with Crippen molar-refractivity contribution in [2.75, 3.05) is 20.6 Å². The molecule has 0 unspecified atom stereocenters. The Kier molecular flexibility index (Phi) is 5.61. The molecule has 0 fully saturated rings. The zero-order valence-electron chi connectivity index (χ0n) is 8.24. The molecule has 0 saturated heterocycles. The zero-order valence-corrected chi connectivity index (χ0v) is 8.24. The lowest BCUT2D eigenvalue weighted by molar-refractivity contribution is -0.143. The molecule has 0 aliphatic heterocycles. The first-order valence-corrected chi connectivity index (χ1v) is 4.27. The van der Waals surface area contributed by atoms with E-state index in [2.05, 4.69) is 10.6 Å². The second-order valence-electron chi connectivity index (χ2n) is 3.13. The number of hydrogen-bond donors (Lipinski definition) is 4. The summed E-state index contributed by atoms with van der Waals surface area (Å²) in [5.74, 6) is -1.13. The lowest BCUT2D eigenvalue weighted by Gasteiger charge is -2.24. The number of likely N-dealkylation sites (N-methyl/N-ethyl adjacent to an activating group) is 1. The molecule has 78 valence electrons. The first kappa shape index (κ1) is 12.3. The maximum atomic E-state index is 10.6. The van der Waals surface area contributed by atoms with Crippen LogP contribution in [-0.4, -0.2) is 49.0 Å². The summed E-state index contributed by atoms with van der Waals surface area (Å²) in [5.41, 5.74) is 0. The van der Waals surface area contributed by atoms with E-state index in [1.54, 1.807) is 14.0 Å². The van der Waals surface area contributed by atoms with Gasteiger partial charge in [0, 0.05) is 0 Å². The number of rotatable bonds is 6. The first-order chi connectivity index (χ1) is 6.04. The fraction of sp³-hybridized carbons (Fsp3) is 0.875. The molecule has 0 heterocycles. The van der Waals surface area contributed by atoms with Gasteiger partial charge < -0.3 is 20.8 Å². The highest BCUT2D eigenvalue weighted by Crippen LogP contribution is 2.06. The average molecular weight is 190 g/mol. The van der Waals surface area contributed by atoms with E-state index in [9.17, 15) is 9.90 Å². The van der Waals surface area contributed by atoms with Crippen molar-refractivity contribution in [2.45, 2.75) is 19.1 Å². The molecule has 4 N–H and O–H groups in total. The summed E-state index contributed by atoms with van der Waals surface area (Å²) in [6, 6.07) is -0.900. The second kappa shape index (κ2) is 5.90. The summed E-state index contributed by atoms with van der Waals surface area (Å²) < 4.78 is 0. The van der Waals surface area contributed by atoms with Gasteiger partial charge >= 0.3 is 5.97 Å². The van der Waals surface area contributed by atoms with Crippen LogP contribution in [0.25, 0.3) is 0 Å². The van der Waals surface area contributed by atoms with Gasteiger partial charge in [0.15, 0.2) is 0 Å². The number of carbonyl (C=O) groups is 1. The lowest BCUT2D eigenvalue weighted by atomic mass is 9.98.